The van der Waals surface area contributed by atoms with Crippen LogP contribution in [0.2, 0.25) is 0 Å². The first-order valence-electron chi connectivity index (χ1n) is 5.84. The average Bonchev–Trinajstić information content (AvgIpc) is 2.26. The van der Waals surface area contributed by atoms with Gasteiger partial charge in [-0.2, -0.15) is 0 Å². The van der Waals surface area contributed by atoms with Gasteiger partial charge in [-0.1, -0.05) is 26.1 Å². The van der Waals surface area contributed by atoms with Crippen LogP contribution < -0.4 is 5.73 Å². The van der Waals surface area contributed by atoms with Crippen LogP contribution in [0.25, 0.3) is 0 Å². The van der Waals surface area contributed by atoms with Gasteiger partial charge in [-0.25, -0.2) is 8.42 Å². The maximum Gasteiger partial charge on any atom is 0.235 e. The van der Waals surface area contributed by atoms with E-state index in [1.807, 2.05) is 13.8 Å². The molecule has 0 aliphatic heterocycles. The van der Waals surface area contributed by atoms with Crippen molar-refractivity contribution in [2.75, 3.05) is 25.6 Å². The first-order valence-corrected chi connectivity index (χ1v) is 8.30. The molecule has 7 heteroatoms. The highest BCUT2D eigenvalue weighted by Crippen LogP contribution is 2.29. The van der Waals surface area contributed by atoms with Gasteiger partial charge in [-0.3, -0.25) is 4.79 Å². The van der Waals surface area contributed by atoms with E-state index in [1.165, 1.54) is 4.90 Å². The summed E-state index contributed by atoms with van der Waals surface area (Å²) in [4.78, 5) is 13.9. The molecule has 0 rings (SSSR count). The third kappa shape index (κ3) is 4.20. The van der Waals surface area contributed by atoms with Gasteiger partial charge in [0.1, 0.15) is 9.84 Å². The first kappa shape index (κ1) is 17.3. The van der Waals surface area contributed by atoms with E-state index in [1.54, 1.807) is 7.05 Å². The molecule has 0 fully saturated rings. The van der Waals surface area contributed by atoms with Crippen molar-refractivity contribution in [2.45, 2.75) is 26.7 Å². The van der Waals surface area contributed by atoms with Crippen LogP contribution in [0.1, 0.15) is 26.7 Å². The summed E-state index contributed by atoms with van der Waals surface area (Å²) in [5.74, 6) is -0.264. The van der Waals surface area contributed by atoms with E-state index >= 15 is 0 Å². The van der Waals surface area contributed by atoms with Crippen molar-refractivity contribution in [1.82, 2.24) is 4.90 Å². The molecule has 0 aromatic rings. The zero-order valence-electron chi connectivity index (χ0n) is 11.4. The molecule has 0 aliphatic rings. The zero-order chi connectivity index (χ0) is 14.6. The zero-order valence-corrected chi connectivity index (χ0v) is 13.0. The Labute approximate surface area is 115 Å². The van der Waals surface area contributed by atoms with Crippen molar-refractivity contribution in [3.63, 3.8) is 0 Å². The minimum atomic E-state index is -3.09. The van der Waals surface area contributed by atoms with Gasteiger partial charge in [0.25, 0.3) is 0 Å². The number of thiocarbonyl (C=S) groups is 1. The van der Waals surface area contributed by atoms with Crippen LogP contribution in [0.4, 0.5) is 0 Å². The van der Waals surface area contributed by atoms with Gasteiger partial charge in [0, 0.05) is 19.8 Å². The Morgan fingerprint density at radius 1 is 1.33 bits per heavy atom. The molecular formula is C11H22N2O3S2. The van der Waals surface area contributed by atoms with Crippen LogP contribution in [0.5, 0.6) is 0 Å². The summed E-state index contributed by atoms with van der Waals surface area (Å²) in [6.07, 6.45) is 2.17. The number of rotatable bonds is 7. The molecule has 0 heterocycles. The number of hydrogen-bond acceptors (Lipinski definition) is 4. The molecule has 0 saturated carbocycles. The molecule has 18 heavy (non-hydrogen) atoms. The summed E-state index contributed by atoms with van der Waals surface area (Å²) in [5, 5.41) is 0. The highest BCUT2D eigenvalue weighted by atomic mass is 32.2. The molecule has 0 unspecified atom stereocenters. The van der Waals surface area contributed by atoms with Crippen LogP contribution in [-0.4, -0.2) is 49.8 Å². The first-order chi connectivity index (χ1) is 8.10. The van der Waals surface area contributed by atoms with Crippen molar-refractivity contribution in [3.8, 4) is 0 Å². The molecule has 0 aliphatic carbocycles. The van der Waals surface area contributed by atoms with Crippen molar-refractivity contribution in [1.29, 1.82) is 0 Å². The fraction of sp³-hybridized carbons (Fsp3) is 0.818. The van der Waals surface area contributed by atoms with Crippen LogP contribution in [0, 0.1) is 5.41 Å². The van der Waals surface area contributed by atoms with E-state index in [4.69, 9.17) is 18.0 Å². The molecule has 0 bridgehead atoms. The second-order valence-corrected chi connectivity index (χ2v) is 7.21. The van der Waals surface area contributed by atoms with E-state index in [0.717, 1.165) is 6.26 Å². The van der Waals surface area contributed by atoms with E-state index in [2.05, 4.69) is 0 Å². The van der Waals surface area contributed by atoms with Gasteiger partial charge in [0.15, 0.2) is 0 Å². The van der Waals surface area contributed by atoms with Crippen molar-refractivity contribution < 1.29 is 13.2 Å². The molecule has 0 aromatic heterocycles. The van der Waals surface area contributed by atoms with Gasteiger partial charge in [-0.05, 0) is 12.8 Å². The molecule has 5 nitrogen and oxygen atoms in total. The molecule has 0 atom stereocenters. The maximum absolute atomic E-state index is 12.3. The van der Waals surface area contributed by atoms with E-state index < -0.39 is 15.3 Å². The lowest BCUT2D eigenvalue weighted by Gasteiger charge is -2.33. The van der Waals surface area contributed by atoms with E-state index in [9.17, 15) is 13.2 Å². The largest absolute Gasteiger partial charge is 0.392 e. The van der Waals surface area contributed by atoms with Crippen LogP contribution in [0.15, 0.2) is 0 Å². The van der Waals surface area contributed by atoms with E-state index in [0.29, 0.717) is 12.8 Å². The topological polar surface area (TPSA) is 80.5 Å². The van der Waals surface area contributed by atoms with Gasteiger partial charge >= 0.3 is 0 Å². The normalized spacial score (nSPS) is 12.2. The lowest BCUT2D eigenvalue weighted by molar-refractivity contribution is -0.137. The second-order valence-electron chi connectivity index (χ2n) is 4.51. The summed E-state index contributed by atoms with van der Waals surface area (Å²) >= 11 is 4.99. The van der Waals surface area contributed by atoms with Gasteiger partial charge in [0.05, 0.1) is 16.2 Å². The molecular weight excluding hydrogens is 272 g/mol. The third-order valence-corrected chi connectivity index (χ3v) is 4.55. The lowest BCUT2D eigenvalue weighted by Crippen LogP contribution is -2.49. The fourth-order valence-electron chi connectivity index (χ4n) is 1.78. The second kappa shape index (κ2) is 6.47. The van der Waals surface area contributed by atoms with Gasteiger partial charge in [-0.15, -0.1) is 0 Å². The number of carbonyl (C=O) groups excluding carboxylic acids is 1. The molecule has 0 radical (unpaired) electrons. The predicted molar refractivity (Wildman–Crippen MR) is 77.1 cm³/mol. The molecule has 106 valence electrons. The maximum atomic E-state index is 12.3. The van der Waals surface area contributed by atoms with Gasteiger partial charge < -0.3 is 10.6 Å². The Kier molecular flexibility index (Phi) is 6.22. The van der Waals surface area contributed by atoms with Crippen molar-refractivity contribution in [3.05, 3.63) is 0 Å². The summed E-state index contributed by atoms with van der Waals surface area (Å²) < 4.78 is 22.2. The molecule has 1 amide bonds. The van der Waals surface area contributed by atoms with Crippen molar-refractivity contribution in [2.24, 2.45) is 11.1 Å². The standard InChI is InChI=1S/C11H22N2O3S2/c1-5-11(6-2,9(12)17)10(14)13(3)7-8-18(4,15)16/h5-8H2,1-4H3,(H2,12,17). The third-order valence-electron chi connectivity index (χ3n) is 3.23. The molecule has 0 spiro atoms. The summed E-state index contributed by atoms with van der Waals surface area (Å²) in [5.41, 5.74) is 4.82. The lowest BCUT2D eigenvalue weighted by atomic mass is 9.81. The Bertz CT molecular complexity index is 414. The number of amides is 1. The summed E-state index contributed by atoms with van der Waals surface area (Å²) in [7, 11) is -1.51. The highest BCUT2D eigenvalue weighted by Gasteiger charge is 2.39. The van der Waals surface area contributed by atoms with Gasteiger partial charge in [0.2, 0.25) is 5.91 Å². The smallest absolute Gasteiger partial charge is 0.235 e. The number of nitrogens with zero attached hydrogens (tertiary/aromatic N) is 1. The predicted octanol–water partition coefficient (Wildman–Crippen LogP) is 0.582. The Morgan fingerprint density at radius 2 is 1.78 bits per heavy atom. The highest BCUT2D eigenvalue weighted by molar-refractivity contribution is 7.90. The Balaban J connectivity index is 4.95. The summed E-state index contributed by atoms with van der Waals surface area (Å²) in [6, 6.07) is 0. The number of hydrogen-bond donors (Lipinski definition) is 1. The molecule has 0 saturated heterocycles. The van der Waals surface area contributed by atoms with Crippen LogP contribution >= 0.6 is 12.2 Å². The minimum Gasteiger partial charge on any atom is -0.392 e. The quantitative estimate of drug-likeness (QED) is 0.695. The van der Waals surface area contributed by atoms with Crippen LogP contribution in [-0.2, 0) is 14.6 Å². The number of carbonyl (C=O) groups is 1. The Morgan fingerprint density at radius 3 is 2.06 bits per heavy atom. The summed E-state index contributed by atoms with van der Waals surface area (Å²) in [6.45, 7) is 3.86. The fourth-order valence-corrected chi connectivity index (χ4v) is 2.76. The van der Waals surface area contributed by atoms with E-state index in [-0.39, 0.29) is 23.2 Å². The average molecular weight is 294 g/mol. The number of sulfone groups is 1. The Hall–Kier alpha value is -0.690. The van der Waals surface area contributed by atoms with Crippen LogP contribution in [0.3, 0.4) is 0 Å². The molecule has 0 aromatic carbocycles. The number of nitrogens with two attached hydrogens (primary N) is 1. The monoisotopic (exact) mass is 294 g/mol. The SMILES string of the molecule is CCC(CC)(C(=O)N(C)CCS(C)(=O)=O)C(N)=S. The minimum absolute atomic E-state index is 0.0594. The molecule has 2 N–H and O–H groups in total. The van der Waals surface area contributed by atoms with Crippen molar-refractivity contribution >= 4 is 33.0 Å².